The maximum Gasteiger partial charge on any atom is 0.305 e. The molecule has 1 saturated heterocycles. The van der Waals surface area contributed by atoms with Crippen LogP contribution in [0.2, 0.25) is 0 Å². The van der Waals surface area contributed by atoms with Crippen LogP contribution in [0.15, 0.2) is 0 Å². The number of carboxylic acid groups (broad SMARTS) is 1. The molecule has 92 valence electrons. The summed E-state index contributed by atoms with van der Waals surface area (Å²) >= 11 is 1.71. The molecule has 0 aromatic heterocycles. The van der Waals surface area contributed by atoms with Gasteiger partial charge in [-0.25, -0.2) is 0 Å². The maximum absolute atomic E-state index is 12.0. The molecule has 6 heteroatoms. The van der Waals surface area contributed by atoms with Crippen LogP contribution in [0.25, 0.3) is 0 Å². The van der Waals surface area contributed by atoms with Crippen LogP contribution >= 0.6 is 11.8 Å². The quantitative estimate of drug-likeness (QED) is 0.731. The minimum absolute atomic E-state index is 0.00551. The zero-order valence-electron chi connectivity index (χ0n) is 9.60. The molecule has 2 atom stereocenters. The number of carbonyl (C=O) groups is 2. The Morgan fingerprint density at radius 1 is 1.62 bits per heavy atom. The number of carboxylic acids is 1. The zero-order valence-corrected chi connectivity index (χ0v) is 10.4. The molecule has 5 nitrogen and oxygen atoms in total. The molecule has 0 aromatic carbocycles. The van der Waals surface area contributed by atoms with Gasteiger partial charge in [-0.05, 0) is 14.0 Å². The van der Waals surface area contributed by atoms with Crippen molar-refractivity contribution in [2.75, 3.05) is 25.1 Å². The number of thioether (sulfide) groups is 1. The van der Waals surface area contributed by atoms with Crippen molar-refractivity contribution in [1.82, 2.24) is 10.2 Å². The highest BCUT2D eigenvalue weighted by Gasteiger charge is 2.30. The zero-order chi connectivity index (χ0) is 12.1. The lowest BCUT2D eigenvalue weighted by molar-refractivity contribution is -0.141. The molecule has 2 unspecified atom stereocenters. The first kappa shape index (κ1) is 13.3. The molecule has 1 heterocycles. The summed E-state index contributed by atoms with van der Waals surface area (Å²) in [5, 5.41) is 11.7. The molecule has 16 heavy (non-hydrogen) atoms. The van der Waals surface area contributed by atoms with E-state index in [-0.39, 0.29) is 24.4 Å². The van der Waals surface area contributed by atoms with Gasteiger partial charge in [0, 0.05) is 18.1 Å². The van der Waals surface area contributed by atoms with Crippen LogP contribution in [0.1, 0.15) is 13.3 Å². The maximum atomic E-state index is 12.0. The van der Waals surface area contributed by atoms with Crippen molar-refractivity contribution in [3.8, 4) is 0 Å². The molecule has 1 fully saturated rings. The Morgan fingerprint density at radius 2 is 2.31 bits per heavy atom. The van der Waals surface area contributed by atoms with E-state index in [0.29, 0.717) is 12.3 Å². The molecular weight excluding hydrogens is 228 g/mol. The summed E-state index contributed by atoms with van der Waals surface area (Å²) in [5.74, 6) is 0.753. The standard InChI is InChI=1S/C10H18N2O3S/c1-7(11-2)10(15)12-3-4-16-6-8(12)5-9(13)14/h7-8,11H,3-6H2,1-2H3,(H,13,14). The molecule has 1 aliphatic rings. The molecule has 0 radical (unpaired) electrons. The van der Waals surface area contributed by atoms with Gasteiger partial charge in [-0.15, -0.1) is 0 Å². The van der Waals surface area contributed by atoms with Crippen LogP contribution in [-0.2, 0) is 9.59 Å². The average Bonchev–Trinajstić information content (AvgIpc) is 2.27. The smallest absolute Gasteiger partial charge is 0.305 e. The van der Waals surface area contributed by atoms with Crippen molar-refractivity contribution >= 4 is 23.6 Å². The minimum Gasteiger partial charge on any atom is -0.481 e. The van der Waals surface area contributed by atoms with Crippen molar-refractivity contribution in [3.63, 3.8) is 0 Å². The van der Waals surface area contributed by atoms with E-state index in [1.165, 1.54) is 0 Å². The van der Waals surface area contributed by atoms with E-state index in [1.54, 1.807) is 30.6 Å². The summed E-state index contributed by atoms with van der Waals surface area (Å²) in [6, 6.07) is -0.418. The van der Waals surface area contributed by atoms with Crippen molar-refractivity contribution in [3.05, 3.63) is 0 Å². The lowest BCUT2D eigenvalue weighted by Crippen LogP contribution is -2.52. The highest BCUT2D eigenvalue weighted by molar-refractivity contribution is 7.99. The summed E-state index contributed by atoms with van der Waals surface area (Å²) in [5.41, 5.74) is 0. The minimum atomic E-state index is -0.845. The van der Waals surface area contributed by atoms with Gasteiger partial charge in [0.25, 0.3) is 0 Å². The predicted octanol–water partition coefficient (Wildman–Crippen LogP) is 0.0130. The fourth-order valence-electron chi connectivity index (χ4n) is 1.69. The van der Waals surface area contributed by atoms with Crippen molar-refractivity contribution in [1.29, 1.82) is 0 Å². The highest BCUT2D eigenvalue weighted by atomic mass is 32.2. The average molecular weight is 246 g/mol. The number of carbonyl (C=O) groups excluding carboxylic acids is 1. The van der Waals surface area contributed by atoms with Crippen LogP contribution in [0, 0.1) is 0 Å². The number of nitrogens with one attached hydrogen (secondary N) is 1. The molecule has 1 amide bonds. The third kappa shape index (κ3) is 3.38. The third-order valence-corrected chi connectivity index (χ3v) is 3.82. The molecule has 0 spiro atoms. The number of rotatable bonds is 4. The molecule has 0 aliphatic carbocycles. The van der Waals surface area contributed by atoms with Crippen LogP contribution in [-0.4, -0.2) is 59.1 Å². The Labute approximate surface area is 99.6 Å². The van der Waals surface area contributed by atoms with E-state index in [4.69, 9.17) is 5.11 Å². The van der Waals surface area contributed by atoms with Crippen molar-refractivity contribution in [2.45, 2.75) is 25.4 Å². The van der Waals surface area contributed by atoms with Crippen LogP contribution in [0.5, 0.6) is 0 Å². The lowest BCUT2D eigenvalue weighted by Gasteiger charge is -2.36. The van der Waals surface area contributed by atoms with Crippen LogP contribution in [0.4, 0.5) is 0 Å². The molecule has 1 aliphatic heterocycles. The topological polar surface area (TPSA) is 69.6 Å². The lowest BCUT2D eigenvalue weighted by atomic mass is 10.1. The van der Waals surface area contributed by atoms with Crippen LogP contribution in [0.3, 0.4) is 0 Å². The normalized spacial score (nSPS) is 22.9. The Bertz CT molecular complexity index is 273. The van der Waals surface area contributed by atoms with E-state index < -0.39 is 5.97 Å². The second-order valence-electron chi connectivity index (χ2n) is 3.87. The predicted molar refractivity (Wildman–Crippen MR) is 63.6 cm³/mol. The van der Waals surface area contributed by atoms with Gasteiger partial charge < -0.3 is 15.3 Å². The van der Waals surface area contributed by atoms with E-state index in [0.717, 1.165) is 5.75 Å². The Hall–Kier alpha value is -0.750. The van der Waals surface area contributed by atoms with Crippen molar-refractivity contribution < 1.29 is 14.7 Å². The van der Waals surface area contributed by atoms with Crippen molar-refractivity contribution in [2.24, 2.45) is 0 Å². The first-order valence-corrected chi connectivity index (χ1v) is 6.49. The second kappa shape index (κ2) is 6.10. The number of amides is 1. The first-order valence-electron chi connectivity index (χ1n) is 5.33. The van der Waals surface area contributed by atoms with Gasteiger partial charge in [0.2, 0.25) is 5.91 Å². The summed E-state index contributed by atoms with van der Waals surface area (Å²) in [4.78, 5) is 24.4. The van der Waals surface area contributed by atoms with Gasteiger partial charge >= 0.3 is 5.97 Å². The fourth-order valence-corrected chi connectivity index (χ4v) is 2.75. The first-order chi connectivity index (χ1) is 7.56. The number of hydrogen-bond acceptors (Lipinski definition) is 4. The van der Waals surface area contributed by atoms with Gasteiger partial charge in [-0.1, -0.05) is 0 Å². The monoisotopic (exact) mass is 246 g/mol. The molecule has 0 bridgehead atoms. The number of likely N-dealkylation sites (N-methyl/N-ethyl adjacent to an activating group) is 1. The molecule has 0 aromatic rings. The van der Waals surface area contributed by atoms with E-state index in [9.17, 15) is 9.59 Å². The van der Waals surface area contributed by atoms with Gasteiger partial charge in [-0.3, -0.25) is 9.59 Å². The van der Waals surface area contributed by atoms with E-state index >= 15 is 0 Å². The highest BCUT2D eigenvalue weighted by Crippen LogP contribution is 2.19. The largest absolute Gasteiger partial charge is 0.481 e. The number of nitrogens with zero attached hydrogens (tertiary/aromatic N) is 1. The Balaban J connectivity index is 2.65. The van der Waals surface area contributed by atoms with E-state index in [1.807, 2.05) is 0 Å². The van der Waals surface area contributed by atoms with Gasteiger partial charge in [0.05, 0.1) is 18.5 Å². The molecule has 2 N–H and O–H groups in total. The fraction of sp³-hybridized carbons (Fsp3) is 0.800. The second-order valence-corrected chi connectivity index (χ2v) is 5.02. The van der Waals surface area contributed by atoms with Gasteiger partial charge in [0.1, 0.15) is 0 Å². The SMILES string of the molecule is CNC(C)C(=O)N1CCSCC1CC(=O)O. The molecular formula is C10H18N2O3S. The summed E-state index contributed by atoms with van der Waals surface area (Å²) < 4.78 is 0. The Morgan fingerprint density at radius 3 is 2.88 bits per heavy atom. The number of hydrogen-bond donors (Lipinski definition) is 2. The van der Waals surface area contributed by atoms with E-state index in [2.05, 4.69) is 5.32 Å². The molecule has 1 rings (SSSR count). The summed E-state index contributed by atoms with van der Waals surface area (Å²) in [6.07, 6.45) is 0.0369. The van der Waals surface area contributed by atoms with Crippen LogP contribution < -0.4 is 5.32 Å². The Kier molecular flexibility index (Phi) is 5.08. The summed E-state index contributed by atoms with van der Waals surface area (Å²) in [7, 11) is 1.73. The third-order valence-electron chi connectivity index (χ3n) is 2.72. The molecule has 0 saturated carbocycles. The number of aliphatic carboxylic acids is 1. The van der Waals surface area contributed by atoms with Gasteiger partial charge in [-0.2, -0.15) is 11.8 Å². The summed E-state index contributed by atoms with van der Waals surface area (Å²) in [6.45, 7) is 2.44. The van der Waals surface area contributed by atoms with Gasteiger partial charge in [0.15, 0.2) is 0 Å².